The maximum Gasteiger partial charge on any atom is 0.227 e. The van der Waals surface area contributed by atoms with Gasteiger partial charge in [-0.15, -0.1) is 0 Å². The predicted molar refractivity (Wildman–Crippen MR) is 88.5 cm³/mol. The third-order valence-corrected chi connectivity index (χ3v) is 4.93. The second kappa shape index (κ2) is 6.08. The molecule has 0 fully saturated rings. The van der Waals surface area contributed by atoms with Gasteiger partial charge in [0.1, 0.15) is 0 Å². The molecular formula is C18H28N2O. The molecule has 3 nitrogen and oxygen atoms in total. The van der Waals surface area contributed by atoms with E-state index in [0.29, 0.717) is 12.0 Å². The van der Waals surface area contributed by atoms with Crippen LogP contribution >= 0.6 is 0 Å². The van der Waals surface area contributed by atoms with Crippen molar-refractivity contribution in [1.82, 2.24) is 5.32 Å². The lowest BCUT2D eigenvalue weighted by Crippen LogP contribution is -2.41. The number of hydrogen-bond donors (Lipinski definition) is 2. The number of fused-ring (bicyclic) bond motifs is 1. The van der Waals surface area contributed by atoms with Gasteiger partial charge in [0.15, 0.2) is 0 Å². The normalized spacial score (nSPS) is 21.6. The molecule has 1 aromatic carbocycles. The van der Waals surface area contributed by atoms with Crippen molar-refractivity contribution in [3.63, 3.8) is 0 Å². The highest BCUT2D eigenvalue weighted by Gasteiger charge is 2.31. The first-order valence-corrected chi connectivity index (χ1v) is 7.94. The molecule has 0 aliphatic carbocycles. The van der Waals surface area contributed by atoms with Crippen molar-refractivity contribution in [3.05, 3.63) is 29.8 Å². The summed E-state index contributed by atoms with van der Waals surface area (Å²) in [6, 6.07) is 8.47. The Morgan fingerprint density at radius 1 is 1.38 bits per heavy atom. The zero-order valence-corrected chi connectivity index (χ0v) is 13.9. The van der Waals surface area contributed by atoms with Gasteiger partial charge < -0.3 is 10.6 Å². The topological polar surface area (TPSA) is 41.1 Å². The van der Waals surface area contributed by atoms with Crippen LogP contribution in [-0.4, -0.2) is 18.5 Å². The van der Waals surface area contributed by atoms with E-state index in [0.717, 1.165) is 24.2 Å². The Morgan fingerprint density at radius 3 is 2.71 bits per heavy atom. The van der Waals surface area contributed by atoms with E-state index < -0.39 is 0 Å². The summed E-state index contributed by atoms with van der Waals surface area (Å²) in [7, 11) is 0. The molecule has 0 radical (unpaired) electrons. The van der Waals surface area contributed by atoms with Crippen LogP contribution in [0.3, 0.4) is 0 Å². The molecule has 0 aromatic heterocycles. The summed E-state index contributed by atoms with van der Waals surface area (Å²) in [6.45, 7) is 11.7. The van der Waals surface area contributed by atoms with E-state index in [4.69, 9.17) is 0 Å². The molecule has 1 aromatic rings. The van der Waals surface area contributed by atoms with Crippen molar-refractivity contribution in [1.29, 1.82) is 0 Å². The van der Waals surface area contributed by atoms with Gasteiger partial charge in [0.25, 0.3) is 0 Å². The molecule has 1 amide bonds. The number of hydrogen-bond acceptors (Lipinski definition) is 2. The van der Waals surface area contributed by atoms with Crippen LogP contribution in [0.1, 0.15) is 52.5 Å². The quantitative estimate of drug-likeness (QED) is 0.885. The first kappa shape index (κ1) is 15.9. The van der Waals surface area contributed by atoms with Gasteiger partial charge in [-0.05, 0) is 36.3 Å². The lowest BCUT2D eigenvalue weighted by atomic mass is 9.80. The SMILES string of the molecule is CC1CC(C(=O)NCC(C)(C)C(C)C)c2ccccc2N1. The highest BCUT2D eigenvalue weighted by Crippen LogP contribution is 2.34. The zero-order chi connectivity index (χ0) is 15.6. The van der Waals surface area contributed by atoms with Crippen LogP contribution in [0.4, 0.5) is 5.69 Å². The molecule has 21 heavy (non-hydrogen) atoms. The number of nitrogens with one attached hydrogen (secondary N) is 2. The fourth-order valence-electron chi connectivity index (χ4n) is 2.63. The number of para-hydroxylation sites is 1. The Bertz CT molecular complexity index is 508. The lowest BCUT2D eigenvalue weighted by molar-refractivity contribution is -0.123. The Balaban J connectivity index is 2.10. The maximum absolute atomic E-state index is 12.6. The second-order valence-electron chi connectivity index (χ2n) is 7.28. The minimum absolute atomic E-state index is 0.0413. The molecule has 1 aliphatic heterocycles. The lowest BCUT2D eigenvalue weighted by Gasteiger charge is -2.33. The Kier molecular flexibility index (Phi) is 4.60. The molecule has 1 aliphatic rings. The first-order valence-electron chi connectivity index (χ1n) is 7.94. The molecular weight excluding hydrogens is 260 g/mol. The number of amides is 1. The highest BCUT2D eigenvalue weighted by molar-refractivity contribution is 5.86. The molecule has 116 valence electrons. The van der Waals surface area contributed by atoms with Crippen molar-refractivity contribution in [2.45, 2.75) is 53.0 Å². The molecule has 0 saturated carbocycles. The molecule has 0 saturated heterocycles. The predicted octanol–water partition coefficient (Wildman–Crippen LogP) is 3.77. The average molecular weight is 288 g/mol. The number of rotatable bonds is 4. The molecule has 0 spiro atoms. The van der Waals surface area contributed by atoms with Crippen LogP contribution in [-0.2, 0) is 4.79 Å². The minimum atomic E-state index is -0.0413. The van der Waals surface area contributed by atoms with E-state index in [9.17, 15) is 4.79 Å². The van der Waals surface area contributed by atoms with E-state index in [-0.39, 0.29) is 17.2 Å². The van der Waals surface area contributed by atoms with Crippen LogP contribution in [0.15, 0.2) is 24.3 Å². The molecule has 3 heteroatoms. The zero-order valence-electron chi connectivity index (χ0n) is 13.9. The van der Waals surface area contributed by atoms with Crippen LogP contribution in [0, 0.1) is 11.3 Å². The highest BCUT2D eigenvalue weighted by atomic mass is 16.1. The van der Waals surface area contributed by atoms with Crippen molar-refractivity contribution in [3.8, 4) is 0 Å². The molecule has 2 unspecified atom stereocenters. The van der Waals surface area contributed by atoms with Gasteiger partial charge in [0.05, 0.1) is 5.92 Å². The fourth-order valence-corrected chi connectivity index (χ4v) is 2.63. The summed E-state index contributed by atoms with van der Waals surface area (Å²) >= 11 is 0. The molecule has 2 N–H and O–H groups in total. The van der Waals surface area contributed by atoms with E-state index in [1.54, 1.807) is 0 Å². The first-order chi connectivity index (χ1) is 9.81. The van der Waals surface area contributed by atoms with Crippen molar-refractivity contribution in [2.75, 3.05) is 11.9 Å². The summed E-state index contributed by atoms with van der Waals surface area (Å²) in [5.74, 6) is 0.655. The number of benzene rings is 1. The van der Waals surface area contributed by atoms with Crippen molar-refractivity contribution < 1.29 is 4.79 Å². The minimum Gasteiger partial charge on any atom is -0.382 e. The molecule has 0 bridgehead atoms. The van der Waals surface area contributed by atoms with E-state index in [1.807, 2.05) is 12.1 Å². The van der Waals surface area contributed by atoms with Gasteiger partial charge in [0, 0.05) is 18.3 Å². The monoisotopic (exact) mass is 288 g/mol. The largest absolute Gasteiger partial charge is 0.382 e. The van der Waals surface area contributed by atoms with Gasteiger partial charge in [0.2, 0.25) is 5.91 Å². The van der Waals surface area contributed by atoms with Crippen LogP contribution in [0.5, 0.6) is 0 Å². The number of carbonyl (C=O) groups excluding carboxylic acids is 1. The third kappa shape index (κ3) is 3.58. The van der Waals surface area contributed by atoms with Gasteiger partial charge in [-0.3, -0.25) is 4.79 Å². The van der Waals surface area contributed by atoms with Crippen LogP contribution < -0.4 is 10.6 Å². The standard InChI is InChI=1S/C18H28N2O/c1-12(2)18(4,5)11-19-17(21)15-10-13(3)20-16-9-7-6-8-14(15)16/h6-9,12-13,15,20H,10-11H2,1-5H3,(H,19,21). The smallest absolute Gasteiger partial charge is 0.227 e. The summed E-state index contributed by atoms with van der Waals surface area (Å²) < 4.78 is 0. The van der Waals surface area contributed by atoms with Crippen molar-refractivity contribution in [2.24, 2.45) is 11.3 Å². The van der Waals surface area contributed by atoms with Crippen LogP contribution in [0.25, 0.3) is 0 Å². The Labute approximate surface area is 128 Å². The maximum atomic E-state index is 12.6. The van der Waals surface area contributed by atoms with E-state index in [2.05, 4.69) is 57.4 Å². The van der Waals surface area contributed by atoms with Gasteiger partial charge in [-0.2, -0.15) is 0 Å². The van der Waals surface area contributed by atoms with Gasteiger partial charge in [-0.25, -0.2) is 0 Å². The summed E-state index contributed by atoms with van der Waals surface area (Å²) in [4.78, 5) is 12.6. The van der Waals surface area contributed by atoms with Crippen LogP contribution in [0.2, 0.25) is 0 Å². The molecule has 2 atom stereocenters. The second-order valence-corrected chi connectivity index (χ2v) is 7.28. The third-order valence-electron chi connectivity index (χ3n) is 4.93. The van der Waals surface area contributed by atoms with Gasteiger partial charge >= 0.3 is 0 Å². The van der Waals surface area contributed by atoms with E-state index >= 15 is 0 Å². The molecule has 2 rings (SSSR count). The summed E-state index contributed by atoms with van der Waals surface area (Å²) in [5.41, 5.74) is 2.34. The van der Waals surface area contributed by atoms with Gasteiger partial charge in [-0.1, -0.05) is 45.9 Å². The van der Waals surface area contributed by atoms with Crippen molar-refractivity contribution >= 4 is 11.6 Å². The number of anilines is 1. The number of carbonyl (C=O) groups is 1. The Hall–Kier alpha value is -1.51. The fraction of sp³-hybridized carbons (Fsp3) is 0.611. The van der Waals surface area contributed by atoms with E-state index in [1.165, 1.54) is 0 Å². The molecule has 1 heterocycles. The summed E-state index contributed by atoms with van der Waals surface area (Å²) in [6.07, 6.45) is 0.852. The average Bonchev–Trinajstić information content (AvgIpc) is 2.43. The summed E-state index contributed by atoms with van der Waals surface area (Å²) in [5, 5.41) is 6.62. The Morgan fingerprint density at radius 2 is 2.05 bits per heavy atom.